The second-order valence-corrected chi connectivity index (χ2v) is 5.23. The van der Waals surface area contributed by atoms with Crippen LogP contribution < -0.4 is 5.73 Å². The lowest BCUT2D eigenvalue weighted by molar-refractivity contribution is 0.367. The fourth-order valence-electron chi connectivity index (χ4n) is 2.92. The SMILES string of the molecule is NCCC1CCCC1Cc1ccccc1Cl. The molecule has 0 radical (unpaired) electrons. The minimum atomic E-state index is 0.795. The molecule has 16 heavy (non-hydrogen) atoms. The van der Waals surface area contributed by atoms with Crippen molar-refractivity contribution in [1.82, 2.24) is 0 Å². The lowest BCUT2D eigenvalue weighted by atomic mass is 9.87. The van der Waals surface area contributed by atoms with Crippen molar-refractivity contribution in [2.75, 3.05) is 6.54 Å². The van der Waals surface area contributed by atoms with Crippen molar-refractivity contribution >= 4 is 11.6 Å². The van der Waals surface area contributed by atoms with Crippen molar-refractivity contribution in [3.63, 3.8) is 0 Å². The summed E-state index contributed by atoms with van der Waals surface area (Å²) in [5.41, 5.74) is 6.97. The zero-order valence-electron chi connectivity index (χ0n) is 9.66. The van der Waals surface area contributed by atoms with Crippen LogP contribution in [0.15, 0.2) is 24.3 Å². The van der Waals surface area contributed by atoms with Crippen molar-refractivity contribution in [3.8, 4) is 0 Å². The van der Waals surface area contributed by atoms with Crippen molar-refractivity contribution < 1.29 is 0 Å². The first-order valence-corrected chi connectivity index (χ1v) is 6.62. The molecule has 0 amide bonds. The molecule has 2 unspecified atom stereocenters. The van der Waals surface area contributed by atoms with Crippen LogP contribution in [0.3, 0.4) is 0 Å². The third-order valence-corrected chi connectivity index (χ3v) is 4.16. The van der Waals surface area contributed by atoms with E-state index >= 15 is 0 Å². The summed E-state index contributed by atoms with van der Waals surface area (Å²) in [6.45, 7) is 0.823. The molecular weight excluding hydrogens is 218 g/mol. The maximum atomic E-state index is 6.20. The summed E-state index contributed by atoms with van der Waals surface area (Å²) in [5, 5.41) is 0.917. The predicted molar refractivity (Wildman–Crippen MR) is 69.7 cm³/mol. The number of hydrogen-bond acceptors (Lipinski definition) is 1. The fourth-order valence-corrected chi connectivity index (χ4v) is 3.14. The molecule has 0 aliphatic heterocycles. The molecular formula is C14H20ClN. The van der Waals surface area contributed by atoms with E-state index in [-0.39, 0.29) is 0 Å². The van der Waals surface area contributed by atoms with Crippen molar-refractivity contribution in [3.05, 3.63) is 34.9 Å². The van der Waals surface area contributed by atoms with Crippen LogP contribution in [0.2, 0.25) is 5.02 Å². The van der Waals surface area contributed by atoms with E-state index < -0.39 is 0 Å². The second kappa shape index (κ2) is 5.70. The molecule has 1 aromatic rings. The molecule has 0 heterocycles. The highest BCUT2D eigenvalue weighted by atomic mass is 35.5. The quantitative estimate of drug-likeness (QED) is 0.850. The largest absolute Gasteiger partial charge is 0.330 e. The summed E-state index contributed by atoms with van der Waals surface area (Å²) in [7, 11) is 0. The first-order chi connectivity index (χ1) is 7.81. The Morgan fingerprint density at radius 1 is 1.19 bits per heavy atom. The van der Waals surface area contributed by atoms with Gasteiger partial charge in [0.1, 0.15) is 0 Å². The van der Waals surface area contributed by atoms with E-state index in [0.29, 0.717) is 0 Å². The average molecular weight is 238 g/mol. The van der Waals surface area contributed by atoms with Crippen LogP contribution in [0.1, 0.15) is 31.2 Å². The highest BCUT2D eigenvalue weighted by Gasteiger charge is 2.26. The molecule has 0 aromatic heterocycles. The molecule has 0 saturated heterocycles. The summed E-state index contributed by atoms with van der Waals surface area (Å²) < 4.78 is 0. The number of rotatable bonds is 4. The maximum Gasteiger partial charge on any atom is 0.0438 e. The van der Waals surface area contributed by atoms with Crippen LogP contribution in [0.4, 0.5) is 0 Å². The van der Waals surface area contributed by atoms with Crippen LogP contribution in [0.25, 0.3) is 0 Å². The number of hydrogen-bond donors (Lipinski definition) is 1. The van der Waals surface area contributed by atoms with Gasteiger partial charge >= 0.3 is 0 Å². The average Bonchev–Trinajstić information content (AvgIpc) is 2.70. The molecule has 0 bridgehead atoms. The van der Waals surface area contributed by atoms with Gasteiger partial charge < -0.3 is 5.73 Å². The standard InChI is InChI=1S/C14H20ClN/c15-14-7-2-1-4-13(14)10-12-6-3-5-11(12)8-9-16/h1-2,4,7,11-12H,3,5-6,8-10,16H2. The van der Waals surface area contributed by atoms with Gasteiger partial charge in [-0.2, -0.15) is 0 Å². The van der Waals surface area contributed by atoms with E-state index in [4.69, 9.17) is 17.3 Å². The van der Waals surface area contributed by atoms with Crippen LogP contribution >= 0.6 is 11.6 Å². The fraction of sp³-hybridized carbons (Fsp3) is 0.571. The minimum absolute atomic E-state index is 0.795. The highest BCUT2D eigenvalue weighted by Crippen LogP contribution is 2.37. The molecule has 1 saturated carbocycles. The van der Waals surface area contributed by atoms with Gasteiger partial charge in [0, 0.05) is 5.02 Å². The van der Waals surface area contributed by atoms with E-state index in [1.165, 1.54) is 31.2 Å². The van der Waals surface area contributed by atoms with Crippen molar-refractivity contribution in [2.24, 2.45) is 17.6 Å². The molecule has 1 aliphatic rings. The Hall–Kier alpha value is -0.530. The number of benzene rings is 1. The van der Waals surface area contributed by atoms with Gasteiger partial charge in [0.05, 0.1) is 0 Å². The summed E-state index contributed by atoms with van der Waals surface area (Å²) >= 11 is 6.20. The second-order valence-electron chi connectivity index (χ2n) is 4.82. The van der Waals surface area contributed by atoms with Gasteiger partial charge in [-0.1, -0.05) is 42.6 Å². The van der Waals surface area contributed by atoms with Crippen molar-refractivity contribution in [1.29, 1.82) is 0 Å². The van der Waals surface area contributed by atoms with Gasteiger partial charge in [0.2, 0.25) is 0 Å². The zero-order chi connectivity index (χ0) is 11.4. The molecule has 1 fully saturated rings. The minimum Gasteiger partial charge on any atom is -0.330 e. The highest BCUT2D eigenvalue weighted by molar-refractivity contribution is 6.31. The third kappa shape index (κ3) is 2.78. The molecule has 1 aromatic carbocycles. The molecule has 1 aliphatic carbocycles. The molecule has 2 rings (SSSR count). The molecule has 2 N–H and O–H groups in total. The monoisotopic (exact) mass is 237 g/mol. The van der Waals surface area contributed by atoms with E-state index in [1.807, 2.05) is 12.1 Å². The summed E-state index contributed by atoms with van der Waals surface area (Å²) in [6, 6.07) is 8.22. The van der Waals surface area contributed by atoms with Gasteiger partial charge in [-0.05, 0) is 49.3 Å². The normalized spacial score (nSPS) is 24.9. The van der Waals surface area contributed by atoms with Crippen LogP contribution in [-0.2, 0) is 6.42 Å². The smallest absolute Gasteiger partial charge is 0.0438 e. The maximum absolute atomic E-state index is 6.20. The zero-order valence-corrected chi connectivity index (χ0v) is 10.4. The van der Waals surface area contributed by atoms with Gasteiger partial charge in [-0.15, -0.1) is 0 Å². The van der Waals surface area contributed by atoms with Crippen LogP contribution in [0, 0.1) is 11.8 Å². The topological polar surface area (TPSA) is 26.0 Å². The van der Waals surface area contributed by atoms with E-state index in [1.54, 1.807) is 0 Å². The summed E-state index contributed by atoms with van der Waals surface area (Å²) in [5.74, 6) is 1.62. The number of halogens is 1. The van der Waals surface area contributed by atoms with Gasteiger partial charge in [-0.25, -0.2) is 0 Å². The molecule has 1 nitrogen and oxygen atoms in total. The predicted octanol–water partition coefficient (Wildman–Crippen LogP) is 3.65. The molecule has 2 heteroatoms. The van der Waals surface area contributed by atoms with Crippen LogP contribution in [0.5, 0.6) is 0 Å². The van der Waals surface area contributed by atoms with Gasteiger partial charge in [0.15, 0.2) is 0 Å². The Labute approximate surface area is 103 Å². The van der Waals surface area contributed by atoms with E-state index in [9.17, 15) is 0 Å². The summed E-state index contributed by atoms with van der Waals surface area (Å²) in [6.07, 6.45) is 6.36. The molecule has 0 spiro atoms. The van der Waals surface area contributed by atoms with E-state index in [2.05, 4.69) is 12.1 Å². The lowest BCUT2D eigenvalue weighted by Crippen LogP contribution is -2.15. The van der Waals surface area contributed by atoms with Gasteiger partial charge in [-0.3, -0.25) is 0 Å². The first kappa shape index (κ1) is 11.9. The summed E-state index contributed by atoms with van der Waals surface area (Å²) in [4.78, 5) is 0. The Morgan fingerprint density at radius 3 is 2.69 bits per heavy atom. The van der Waals surface area contributed by atoms with Crippen LogP contribution in [-0.4, -0.2) is 6.54 Å². The Balaban J connectivity index is 2.01. The Morgan fingerprint density at radius 2 is 1.94 bits per heavy atom. The third-order valence-electron chi connectivity index (χ3n) is 3.79. The Kier molecular flexibility index (Phi) is 4.25. The number of nitrogens with two attached hydrogens (primary N) is 1. The van der Waals surface area contributed by atoms with E-state index in [0.717, 1.165) is 29.8 Å². The lowest BCUT2D eigenvalue weighted by Gasteiger charge is -2.19. The molecule has 88 valence electrons. The molecule has 2 atom stereocenters. The van der Waals surface area contributed by atoms with Gasteiger partial charge in [0.25, 0.3) is 0 Å². The Bertz CT molecular complexity index is 337. The van der Waals surface area contributed by atoms with Crippen molar-refractivity contribution in [2.45, 2.75) is 32.1 Å². The first-order valence-electron chi connectivity index (χ1n) is 6.24.